The first-order chi connectivity index (χ1) is 20.4. The summed E-state index contributed by atoms with van der Waals surface area (Å²) in [6, 6.07) is 13.7. The molecule has 0 fully saturated rings. The number of hydrogen-bond acceptors (Lipinski definition) is 7. The van der Waals surface area contributed by atoms with Crippen LogP contribution in [0.2, 0.25) is 18.1 Å². The van der Waals surface area contributed by atoms with Gasteiger partial charge in [-0.05, 0) is 48.2 Å². The summed E-state index contributed by atoms with van der Waals surface area (Å²) in [6.07, 6.45) is 5.13. The van der Waals surface area contributed by atoms with E-state index in [-0.39, 0.29) is 29.9 Å². The second kappa shape index (κ2) is 13.4. The van der Waals surface area contributed by atoms with E-state index >= 15 is 0 Å². The zero-order valence-corrected chi connectivity index (χ0v) is 28.3. The number of amides is 1. The second-order valence-corrected chi connectivity index (χ2v) is 17.8. The average Bonchev–Trinajstić information content (AvgIpc) is 3.34. The Hall–Kier alpha value is -2.85. The Morgan fingerprint density at radius 2 is 1.79 bits per heavy atom. The smallest absolute Gasteiger partial charge is 0.409 e. The van der Waals surface area contributed by atoms with Crippen LogP contribution in [0, 0.1) is 0 Å². The normalized spacial score (nSPS) is 21.3. The number of benzene rings is 2. The zero-order valence-electron chi connectivity index (χ0n) is 27.3. The number of methoxy groups -OCH3 is 3. The minimum absolute atomic E-state index is 0.0397. The van der Waals surface area contributed by atoms with E-state index in [0.29, 0.717) is 25.1 Å². The Morgan fingerprint density at radius 1 is 1.09 bits per heavy atom. The highest BCUT2D eigenvalue weighted by Crippen LogP contribution is 2.56. The minimum Gasteiger partial charge on any atom is -0.493 e. The van der Waals surface area contributed by atoms with Gasteiger partial charge in [-0.2, -0.15) is 0 Å². The molecule has 1 aliphatic carbocycles. The van der Waals surface area contributed by atoms with Gasteiger partial charge in [0.15, 0.2) is 26.1 Å². The quantitative estimate of drug-likeness (QED) is 0.147. The molecule has 0 aromatic heterocycles. The summed E-state index contributed by atoms with van der Waals surface area (Å²) in [5.41, 5.74) is 2.48. The van der Waals surface area contributed by atoms with Crippen LogP contribution in [0.3, 0.4) is 0 Å². The van der Waals surface area contributed by atoms with Crippen LogP contribution in [0.1, 0.15) is 50.3 Å². The van der Waals surface area contributed by atoms with E-state index < -0.39 is 20.0 Å². The van der Waals surface area contributed by atoms with Crippen molar-refractivity contribution in [3.05, 3.63) is 71.3 Å². The van der Waals surface area contributed by atoms with Crippen molar-refractivity contribution < 1.29 is 32.9 Å². The third-order valence-electron chi connectivity index (χ3n) is 9.31. The fraction of sp³-hybridized carbons (Fsp3) is 0.559. The predicted octanol–water partition coefficient (Wildman–Crippen LogP) is 6.86. The van der Waals surface area contributed by atoms with Crippen LogP contribution in [0.25, 0.3) is 0 Å². The van der Waals surface area contributed by atoms with Gasteiger partial charge in [0.25, 0.3) is 0 Å². The summed E-state index contributed by atoms with van der Waals surface area (Å²) in [5, 5.41) is 0.0397. The van der Waals surface area contributed by atoms with Crippen molar-refractivity contribution >= 4 is 14.4 Å². The number of ether oxygens (including phenoxy) is 5. The molecule has 0 spiro atoms. The van der Waals surface area contributed by atoms with Crippen molar-refractivity contribution in [2.45, 2.75) is 88.7 Å². The Balaban J connectivity index is 1.70. The highest BCUT2D eigenvalue weighted by Gasteiger charge is 2.56. The molecule has 3 atom stereocenters. The van der Waals surface area contributed by atoms with Gasteiger partial charge in [-0.3, -0.25) is 0 Å². The van der Waals surface area contributed by atoms with Gasteiger partial charge in [-0.1, -0.05) is 69.3 Å². The molecule has 0 N–H and O–H groups in total. The molecule has 1 amide bonds. The van der Waals surface area contributed by atoms with E-state index in [1.165, 1.54) is 0 Å². The molecule has 0 unspecified atom stereocenters. The van der Waals surface area contributed by atoms with Gasteiger partial charge in [0.2, 0.25) is 0 Å². The summed E-state index contributed by atoms with van der Waals surface area (Å²) < 4.78 is 36.6. The van der Waals surface area contributed by atoms with Gasteiger partial charge in [0, 0.05) is 39.8 Å². The molecule has 2 aliphatic rings. The Kier molecular flexibility index (Phi) is 10.3. The molecular formula is C34H49NO7Si. The first-order valence-electron chi connectivity index (χ1n) is 15.1. The SMILES string of the molecule is COc1ccc(CC(OC)OC)c2c1O[C@@H]1[C@H](O[Si](C)(C)C(C)(C)C)CC=C[C@@]21CCN(C)C(=O)OCc1ccccc1. The van der Waals surface area contributed by atoms with Crippen molar-refractivity contribution in [3.8, 4) is 11.5 Å². The molecule has 0 saturated carbocycles. The zero-order chi connectivity index (χ0) is 31.4. The number of carbonyl (C=O) groups is 1. The number of hydrogen-bond donors (Lipinski definition) is 0. The summed E-state index contributed by atoms with van der Waals surface area (Å²) >= 11 is 0. The molecule has 0 bridgehead atoms. The third-order valence-corrected chi connectivity index (χ3v) is 13.8. The standard InChI is InChI=1S/C34H49NO7Si/c1-33(2,3)43(8,9)42-27-16-13-19-34(20-21-35(4)32(36)40-23-24-14-11-10-12-15-24)29-25(22-28(38-6)39-7)17-18-26(37-5)30(29)41-31(27)34/h10-15,17-19,27-28,31H,16,20-23H2,1-9H3/t27-,31-,34-/m1/s1. The molecule has 1 heterocycles. The summed E-state index contributed by atoms with van der Waals surface area (Å²) in [5.74, 6) is 1.40. The summed E-state index contributed by atoms with van der Waals surface area (Å²) in [6.45, 7) is 12.0. The van der Waals surface area contributed by atoms with Crippen LogP contribution in [-0.2, 0) is 37.1 Å². The lowest BCUT2D eigenvalue weighted by Gasteiger charge is -2.45. The van der Waals surface area contributed by atoms with Crippen molar-refractivity contribution in [3.63, 3.8) is 0 Å². The van der Waals surface area contributed by atoms with Gasteiger partial charge in [0.1, 0.15) is 12.7 Å². The Labute approximate surface area is 258 Å². The van der Waals surface area contributed by atoms with Crippen molar-refractivity contribution in [2.24, 2.45) is 0 Å². The van der Waals surface area contributed by atoms with Crippen LogP contribution in [0.5, 0.6) is 11.5 Å². The van der Waals surface area contributed by atoms with Crippen LogP contribution in [-0.4, -0.2) is 72.7 Å². The largest absolute Gasteiger partial charge is 0.493 e. The summed E-state index contributed by atoms with van der Waals surface area (Å²) in [7, 11) is 4.60. The molecule has 0 radical (unpaired) electrons. The maximum absolute atomic E-state index is 13.1. The van der Waals surface area contributed by atoms with Crippen LogP contribution < -0.4 is 9.47 Å². The van der Waals surface area contributed by atoms with E-state index in [9.17, 15) is 4.79 Å². The van der Waals surface area contributed by atoms with Crippen LogP contribution in [0.15, 0.2) is 54.6 Å². The van der Waals surface area contributed by atoms with E-state index in [0.717, 1.165) is 28.9 Å². The molecule has 9 heteroatoms. The maximum Gasteiger partial charge on any atom is 0.409 e. The monoisotopic (exact) mass is 611 g/mol. The molecule has 236 valence electrons. The van der Waals surface area contributed by atoms with E-state index in [1.54, 1.807) is 33.3 Å². The number of fused-ring (bicyclic) bond motifs is 3. The van der Waals surface area contributed by atoms with Crippen LogP contribution >= 0.6 is 0 Å². The topological polar surface area (TPSA) is 75.7 Å². The molecular weight excluding hydrogens is 562 g/mol. The highest BCUT2D eigenvalue weighted by molar-refractivity contribution is 6.74. The lowest BCUT2D eigenvalue weighted by atomic mass is 9.67. The molecule has 1 aliphatic heterocycles. The molecule has 8 nitrogen and oxygen atoms in total. The molecule has 0 saturated heterocycles. The summed E-state index contributed by atoms with van der Waals surface area (Å²) in [4.78, 5) is 14.7. The number of rotatable bonds is 12. The Morgan fingerprint density at radius 3 is 2.42 bits per heavy atom. The van der Waals surface area contributed by atoms with E-state index in [4.69, 9.17) is 28.1 Å². The second-order valence-electron chi connectivity index (χ2n) is 13.1. The van der Waals surface area contributed by atoms with E-state index in [1.807, 2.05) is 36.4 Å². The van der Waals surface area contributed by atoms with Gasteiger partial charge in [-0.15, -0.1) is 0 Å². The Bertz CT molecular complexity index is 1270. The minimum atomic E-state index is -2.14. The van der Waals surface area contributed by atoms with Gasteiger partial charge < -0.3 is 33.0 Å². The lowest BCUT2D eigenvalue weighted by Crippen LogP contribution is -2.54. The van der Waals surface area contributed by atoms with Gasteiger partial charge in [0.05, 0.1) is 18.6 Å². The molecule has 2 aromatic carbocycles. The lowest BCUT2D eigenvalue weighted by molar-refractivity contribution is -0.100. The van der Waals surface area contributed by atoms with E-state index in [2.05, 4.69) is 52.1 Å². The van der Waals surface area contributed by atoms with Crippen molar-refractivity contribution in [2.75, 3.05) is 34.9 Å². The average molecular weight is 612 g/mol. The molecule has 2 aromatic rings. The molecule has 43 heavy (non-hydrogen) atoms. The van der Waals surface area contributed by atoms with Crippen LogP contribution in [0.4, 0.5) is 4.79 Å². The van der Waals surface area contributed by atoms with Gasteiger partial charge >= 0.3 is 6.09 Å². The number of carbonyl (C=O) groups excluding carboxylic acids is 1. The number of nitrogens with zero attached hydrogens (tertiary/aromatic N) is 1. The molecule has 4 rings (SSSR count). The highest BCUT2D eigenvalue weighted by atomic mass is 28.4. The third kappa shape index (κ3) is 6.95. The first kappa shape index (κ1) is 33.0. The van der Waals surface area contributed by atoms with Crippen molar-refractivity contribution in [1.29, 1.82) is 0 Å². The predicted molar refractivity (Wildman–Crippen MR) is 170 cm³/mol. The van der Waals surface area contributed by atoms with Crippen molar-refractivity contribution in [1.82, 2.24) is 4.90 Å². The first-order valence-corrected chi connectivity index (χ1v) is 18.0. The fourth-order valence-corrected chi connectivity index (χ4v) is 7.12. The maximum atomic E-state index is 13.1. The fourth-order valence-electron chi connectivity index (χ4n) is 5.79. The van der Waals surface area contributed by atoms with Gasteiger partial charge in [-0.25, -0.2) is 4.79 Å².